The van der Waals surface area contributed by atoms with Gasteiger partial charge in [-0.3, -0.25) is 0 Å². The number of benzene rings is 1. The number of hydrogen-bond acceptors (Lipinski definition) is 6. The van der Waals surface area contributed by atoms with Crippen molar-refractivity contribution in [1.82, 2.24) is 9.97 Å². The maximum atomic E-state index is 6.21. The minimum absolute atomic E-state index is 0.494. The van der Waals surface area contributed by atoms with E-state index in [-0.39, 0.29) is 0 Å². The summed E-state index contributed by atoms with van der Waals surface area (Å²) in [6.45, 7) is 5.74. The van der Waals surface area contributed by atoms with Crippen molar-refractivity contribution >= 4 is 34.6 Å². The van der Waals surface area contributed by atoms with Crippen LogP contribution < -0.4 is 20.7 Å². The topological polar surface area (TPSA) is 76.3 Å². The molecule has 0 aliphatic carbocycles. The summed E-state index contributed by atoms with van der Waals surface area (Å²) >= 11 is 6.04. The highest BCUT2D eigenvalue weighted by Crippen LogP contribution is 2.33. The standard InChI is InChI=1S/C15H20ClN5O/c1-4-21(5-2)15-13(17)14(18-9-19-15)20-11-8-10(16)6-7-12(11)22-3/h6-9H,4-5,17H2,1-3H3,(H,18,19,20). The molecule has 0 atom stereocenters. The molecule has 0 aliphatic heterocycles. The lowest BCUT2D eigenvalue weighted by Gasteiger charge is -2.22. The molecule has 2 aromatic rings. The molecule has 2 rings (SSSR count). The molecular formula is C15H20ClN5O. The number of hydrogen-bond donors (Lipinski definition) is 2. The third-order valence-corrected chi connectivity index (χ3v) is 3.58. The van der Waals surface area contributed by atoms with Crippen LogP contribution in [0.25, 0.3) is 0 Å². The van der Waals surface area contributed by atoms with Crippen LogP contribution in [0.1, 0.15) is 13.8 Å². The summed E-state index contributed by atoms with van der Waals surface area (Å²) in [5.41, 5.74) is 7.40. The summed E-state index contributed by atoms with van der Waals surface area (Å²) in [5.74, 6) is 1.90. The van der Waals surface area contributed by atoms with E-state index in [1.807, 2.05) is 0 Å². The lowest BCUT2D eigenvalue weighted by molar-refractivity contribution is 0.417. The number of rotatable bonds is 6. The molecule has 0 fully saturated rings. The van der Waals surface area contributed by atoms with Crippen LogP contribution in [0, 0.1) is 0 Å². The van der Waals surface area contributed by atoms with Gasteiger partial charge in [0.2, 0.25) is 0 Å². The number of aromatic nitrogens is 2. The minimum Gasteiger partial charge on any atom is -0.495 e. The lowest BCUT2D eigenvalue weighted by Crippen LogP contribution is -2.24. The maximum Gasteiger partial charge on any atom is 0.159 e. The molecule has 7 heteroatoms. The largest absolute Gasteiger partial charge is 0.495 e. The van der Waals surface area contributed by atoms with Crippen molar-refractivity contribution in [2.75, 3.05) is 36.1 Å². The monoisotopic (exact) mass is 321 g/mol. The number of nitrogens with one attached hydrogen (secondary N) is 1. The zero-order valence-electron chi connectivity index (χ0n) is 12.9. The molecule has 0 saturated heterocycles. The first-order valence-corrected chi connectivity index (χ1v) is 7.44. The highest BCUT2D eigenvalue weighted by molar-refractivity contribution is 6.31. The quantitative estimate of drug-likeness (QED) is 0.850. The predicted octanol–water partition coefficient (Wildman–Crippen LogP) is 3.31. The number of halogens is 1. The van der Waals surface area contributed by atoms with Gasteiger partial charge in [-0.1, -0.05) is 11.6 Å². The summed E-state index contributed by atoms with van der Waals surface area (Å²) in [6, 6.07) is 5.31. The smallest absolute Gasteiger partial charge is 0.159 e. The molecule has 22 heavy (non-hydrogen) atoms. The van der Waals surface area contributed by atoms with Crippen molar-refractivity contribution in [2.24, 2.45) is 0 Å². The number of nitrogens with zero attached hydrogens (tertiary/aromatic N) is 3. The van der Waals surface area contributed by atoms with Crippen LogP contribution in [0.2, 0.25) is 5.02 Å². The van der Waals surface area contributed by atoms with Gasteiger partial charge in [0.15, 0.2) is 11.6 Å². The highest BCUT2D eigenvalue weighted by Gasteiger charge is 2.14. The van der Waals surface area contributed by atoms with Crippen LogP contribution in [-0.4, -0.2) is 30.2 Å². The molecule has 6 nitrogen and oxygen atoms in total. The summed E-state index contributed by atoms with van der Waals surface area (Å²) < 4.78 is 5.32. The summed E-state index contributed by atoms with van der Waals surface area (Å²) in [7, 11) is 1.60. The van der Waals surface area contributed by atoms with Gasteiger partial charge in [0, 0.05) is 18.1 Å². The first kappa shape index (κ1) is 16.2. The van der Waals surface area contributed by atoms with E-state index in [9.17, 15) is 0 Å². The van der Waals surface area contributed by atoms with Crippen molar-refractivity contribution in [1.29, 1.82) is 0 Å². The molecule has 1 aromatic carbocycles. The van der Waals surface area contributed by atoms with E-state index >= 15 is 0 Å². The Morgan fingerprint density at radius 2 is 2.00 bits per heavy atom. The first-order valence-electron chi connectivity index (χ1n) is 7.06. The van der Waals surface area contributed by atoms with Gasteiger partial charge in [-0.2, -0.15) is 0 Å². The van der Waals surface area contributed by atoms with Crippen LogP contribution in [0.4, 0.5) is 23.0 Å². The van der Waals surface area contributed by atoms with Crippen LogP contribution >= 0.6 is 11.6 Å². The van der Waals surface area contributed by atoms with Crippen LogP contribution in [-0.2, 0) is 0 Å². The Balaban J connectivity index is 2.38. The van der Waals surface area contributed by atoms with Gasteiger partial charge in [-0.05, 0) is 32.0 Å². The molecule has 0 bridgehead atoms. The van der Waals surface area contributed by atoms with Gasteiger partial charge in [0.05, 0.1) is 12.8 Å². The molecule has 0 saturated carbocycles. The second-order valence-electron chi connectivity index (χ2n) is 4.60. The van der Waals surface area contributed by atoms with Crippen molar-refractivity contribution < 1.29 is 4.74 Å². The Morgan fingerprint density at radius 3 is 2.64 bits per heavy atom. The maximum absolute atomic E-state index is 6.21. The zero-order chi connectivity index (χ0) is 16.1. The third kappa shape index (κ3) is 3.33. The molecule has 0 radical (unpaired) electrons. The molecule has 3 N–H and O–H groups in total. The number of anilines is 4. The normalized spacial score (nSPS) is 10.4. The number of methoxy groups -OCH3 is 1. The summed E-state index contributed by atoms with van der Waals surface area (Å²) in [5, 5.41) is 3.76. The molecule has 0 unspecified atom stereocenters. The molecule has 1 aromatic heterocycles. The number of ether oxygens (including phenoxy) is 1. The van der Waals surface area contributed by atoms with Crippen LogP contribution in [0.15, 0.2) is 24.5 Å². The fourth-order valence-electron chi connectivity index (χ4n) is 2.17. The Hall–Kier alpha value is -2.21. The van der Waals surface area contributed by atoms with Crippen LogP contribution in [0.5, 0.6) is 5.75 Å². The Bertz CT molecular complexity index is 646. The Labute approximate surface area is 135 Å². The molecule has 118 valence electrons. The van der Waals surface area contributed by atoms with Crippen molar-refractivity contribution in [3.8, 4) is 5.75 Å². The Morgan fingerprint density at radius 1 is 1.27 bits per heavy atom. The van der Waals surface area contributed by atoms with Gasteiger partial charge >= 0.3 is 0 Å². The van der Waals surface area contributed by atoms with Gasteiger partial charge in [0.1, 0.15) is 17.8 Å². The minimum atomic E-state index is 0.494. The molecule has 0 aliphatic rings. The van der Waals surface area contributed by atoms with Gasteiger partial charge in [0.25, 0.3) is 0 Å². The molecule has 0 spiro atoms. The zero-order valence-corrected chi connectivity index (χ0v) is 13.7. The molecule has 1 heterocycles. The van der Waals surface area contributed by atoms with Crippen LogP contribution in [0.3, 0.4) is 0 Å². The second-order valence-corrected chi connectivity index (χ2v) is 5.04. The van der Waals surface area contributed by atoms with Crippen molar-refractivity contribution in [2.45, 2.75) is 13.8 Å². The van der Waals surface area contributed by atoms with Gasteiger partial charge in [-0.25, -0.2) is 9.97 Å². The average Bonchev–Trinajstić information content (AvgIpc) is 2.52. The van der Waals surface area contributed by atoms with E-state index in [1.165, 1.54) is 6.33 Å². The van der Waals surface area contributed by atoms with Crippen molar-refractivity contribution in [3.63, 3.8) is 0 Å². The van der Waals surface area contributed by atoms with E-state index in [0.29, 0.717) is 33.8 Å². The number of nitrogens with two attached hydrogens (primary N) is 1. The highest BCUT2D eigenvalue weighted by atomic mass is 35.5. The average molecular weight is 322 g/mol. The Kier molecular flexibility index (Phi) is 5.27. The third-order valence-electron chi connectivity index (χ3n) is 3.34. The van der Waals surface area contributed by atoms with Gasteiger partial charge in [-0.15, -0.1) is 0 Å². The lowest BCUT2D eigenvalue weighted by atomic mass is 10.3. The van der Waals surface area contributed by atoms with E-state index in [0.717, 1.165) is 13.1 Å². The van der Waals surface area contributed by atoms with Gasteiger partial charge < -0.3 is 20.7 Å². The molecular weight excluding hydrogens is 302 g/mol. The van der Waals surface area contributed by atoms with E-state index in [2.05, 4.69) is 34.0 Å². The van der Waals surface area contributed by atoms with E-state index in [1.54, 1.807) is 25.3 Å². The second kappa shape index (κ2) is 7.17. The fraction of sp³-hybridized carbons (Fsp3) is 0.333. The molecule has 0 amide bonds. The van der Waals surface area contributed by atoms with E-state index in [4.69, 9.17) is 22.1 Å². The summed E-state index contributed by atoms with van der Waals surface area (Å²) in [6.07, 6.45) is 1.49. The van der Waals surface area contributed by atoms with E-state index < -0.39 is 0 Å². The SMILES string of the molecule is CCN(CC)c1ncnc(Nc2cc(Cl)ccc2OC)c1N. The van der Waals surface area contributed by atoms with Crippen molar-refractivity contribution in [3.05, 3.63) is 29.5 Å². The first-order chi connectivity index (χ1) is 10.6. The predicted molar refractivity (Wildman–Crippen MR) is 91.3 cm³/mol. The fourth-order valence-corrected chi connectivity index (χ4v) is 2.34. The summed E-state index contributed by atoms with van der Waals surface area (Å²) in [4.78, 5) is 10.6. The number of nitrogen functional groups attached to an aromatic ring is 1.